The molecule has 0 saturated heterocycles. The van der Waals surface area contributed by atoms with Crippen LogP contribution in [-0.4, -0.2) is 19.5 Å². The van der Waals surface area contributed by atoms with Gasteiger partial charge in [0, 0.05) is 23.0 Å². The molecule has 0 fully saturated rings. The van der Waals surface area contributed by atoms with Crippen molar-refractivity contribution in [3.8, 4) is 0 Å². The highest BCUT2D eigenvalue weighted by atomic mass is 35.5. The zero-order chi connectivity index (χ0) is 10.7. The van der Waals surface area contributed by atoms with Gasteiger partial charge in [0.15, 0.2) is 0 Å². The summed E-state index contributed by atoms with van der Waals surface area (Å²) in [4.78, 5) is 0. The van der Waals surface area contributed by atoms with Gasteiger partial charge in [-0.15, -0.1) is 22.9 Å². The standard InChI is InChI=1S/C12H14ClNS/c1-14-8-11(7-13)9-2-3-12-10(6-9)4-5-15-12/h2-6,11,14H,7-8H2,1H3. The van der Waals surface area contributed by atoms with Crippen LogP contribution in [0.25, 0.3) is 10.1 Å². The predicted octanol–water partition coefficient (Wildman–Crippen LogP) is 3.44. The zero-order valence-electron chi connectivity index (χ0n) is 8.66. The molecule has 0 aliphatic carbocycles. The molecule has 0 aliphatic rings. The van der Waals surface area contributed by atoms with E-state index in [9.17, 15) is 0 Å². The summed E-state index contributed by atoms with van der Waals surface area (Å²) < 4.78 is 1.34. The van der Waals surface area contributed by atoms with E-state index in [4.69, 9.17) is 11.6 Å². The second kappa shape index (κ2) is 4.97. The van der Waals surface area contributed by atoms with Gasteiger partial charge in [-0.3, -0.25) is 0 Å². The Hall–Kier alpha value is -0.570. The molecule has 1 atom stereocenters. The third-order valence-electron chi connectivity index (χ3n) is 2.58. The molecule has 1 aromatic heterocycles. The molecule has 1 aromatic carbocycles. The number of rotatable bonds is 4. The van der Waals surface area contributed by atoms with E-state index in [1.165, 1.54) is 15.6 Å². The van der Waals surface area contributed by atoms with E-state index in [2.05, 4.69) is 35.0 Å². The van der Waals surface area contributed by atoms with Crippen molar-refractivity contribution in [1.82, 2.24) is 5.32 Å². The lowest BCUT2D eigenvalue weighted by Gasteiger charge is -2.13. The van der Waals surface area contributed by atoms with Crippen LogP contribution in [0.1, 0.15) is 11.5 Å². The first-order valence-electron chi connectivity index (χ1n) is 5.03. The number of benzene rings is 1. The van der Waals surface area contributed by atoms with Crippen molar-refractivity contribution in [3.63, 3.8) is 0 Å². The maximum Gasteiger partial charge on any atom is 0.0342 e. The molecule has 0 radical (unpaired) electrons. The van der Waals surface area contributed by atoms with E-state index in [1.54, 1.807) is 11.3 Å². The van der Waals surface area contributed by atoms with E-state index in [1.807, 2.05) is 7.05 Å². The van der Waals surface area contributed by atoms with Crippen LogP contribution in [0.5, 0.6) is 0 Å². The maximum atomic E-state index is 5.97. The predicted molar refractivity (Wildman–Crippen MR) is 69.2 cm³/mol. The molecule has 1 heterocycles. The minimum atomic E-state index is 0.404. The van der Waals surface area contributed by atoms with Gasteiger partial charge in [-0.25, -0.2) is 0 Å². The first kappa shape index (κ1) is 10.9. The average molecular weight is 240 g/mol. The number of likely N-dealkylation sites (N-methyl/N-ethyl adjacent to an activating group) is 1. The van der Waals surface area contributed by atoms with Gasteiger partial charge in [0.1, 0.15) is 0 Å². The SMILES string of the molecule is CNCC(CCl)c1ccc2sccc2c1. The molecule has 3 heteroatoms. The lowest BCUT2D eigenvalue weighted by molar-refractivity contribution is 0.683. The van der Waals surface area contributed by atoms with Crippen LogP contribution >= 0.6 is 22.9 Å². The molecule has 0 aliphatic heterocycles. The van der Waals surface area contributed by atoms with Gasteiger partial charge in [0.05, 0.1) is 0 Å². The molecule has 1 N–H and O–H groups in total. The zero-order valence-corrected chi connectivity index (χ0v) is 10.2. The number of hydrogen-bond acceptors (Lipinski definition) is 2. The highest BCUT2D eigenvalue weighted by molar-refractivity contribution is 7.17. The molecule has 80 valence electrons. The van der Waals surface area contributed by atoms with Crippen LogP contribution in [0.4, 0.5) is 0 Å². The van der Waals surface area contributed by atoms with Crippen molar-refractivity contribution >= 4 is 33.0 Å². The van der Waals surface area contributed by atoms with E-state index >= 15 is 0 Å². The first-order valence-corrected chi connectivity index (χ1v) is 6.44. The van der Waals surface area contributed by atoms with Gasteiger partial charge in [-0.1, -0.05) is 6.07 Å². The summed E-state index contributed by atoms with van der Waals surface area (Å²) in [6.45, 7) is 0.930. The van der Waals surface area contributed by atoms with Crippen LogP contribution in [0, 0.1) is 0 Å². The molecule has 1 unspecified atom stereocenters. The second-order valence-electron chi connectivity index (χ2n) is 3.63. The summed E-state index contributed by atoms with van der Waals surface area (Å²) in [5.74, 6) is 1.07. The van der Waals surface area contributed by atoms with Gasteiger partial charge in [0.25, 0.3) is 0 Å². The Balaban J connectivity index is 2.33. The van der Waals surface area contributed by atoms with Gasteiger partial charge in [0.2, 0.25) is 0 Å². The molecule has 2 aromatic rings. The van der Waals surface area contributed by atoms with Gasteiger partial charge in [-0.05, 0) is 41.6 Å². The summed E-state index contributed by atoms with van der Waals surface area (Å²) >= 11 is 7.75. The first-order chi connectivity index (χ1) is 7.35. The van der Waals surface area contributed by atoms with Crippen LogP contribution in [-0.2, 0) is 0 Å². The average Bonchev–Trinajstić information content (AvgIpc) is 2.72. The van der Waals surface area contributed by atoms with Crippen molar-refractivity contribution in [2.75, 3.05) is 19.5 Å². The number of hydrogen-bond donors (Lipinski definition) is 1. The molecule has 2 rings (SSSR count). The summed E-state index contributed by atoms with van der Waals surface area (Å²) in [5.41, 5.74) is 1.32. The molecule has 0 bridgehead atoms. The molecular weight excluding hydrogens is 226 g/mol. The van der Waals surface area contributed by atoms with E-state index < -0.39 is 0 Å². The maximum absolute atomic E-state index is 5.97. The molecule has 15 heavy (non-hydrogen) atoms. The van der Waals surface area contributed by atoms with Gasteiger partial charge in [-0.2, -0.15) is 0 Å². The van der Waals surface area contributed by atoms with Crippen molar-refractivity contribution in [2.24, 2.45) is 0 Å². The fourth-order valence-electron chi connectivity index (χ4n) is 1.75. The molecule has 0 spiro atoms. The Morgan fingerprint density at radius 1 is 1.40 bits per heavy atom. The topological polar surface area (TPSA) is 12.0 Å². The number of alkyl halides is 1. The Bertz CT molecular complexity index is 438. The van der Waals surface area contributed by atoms with E-state index in [0.717, 1.165) is 6.54 Å². The summed E-state index contributed by atoms with van der Waals surface area (Å²) in [7, 11) is 1.96. The lowest BCUT2D eigenvalue weighted by Crippen LogP contribution is -2.18. The van der Waals surface area contributed by atoms with Crippen LogP contribution < -0.4 is 5.32 Å². The van der Waals surface area contributed by atoms with Gasteiger partial charge >= 0.3 is 0 Å². The smallest absolute Gasteiger partial charge is 0.0342 e. The third-order valence-corrected chi connectivity index (χ3v) is 3.86. The number of thiophene rings is 1. The summed E-state index contributed by atoms with van der Waals surface area (Å²) in [5, 5.41) is 6.63. The number of fused-ring (bicyclic) bond motifs is 1. The summed E-state index contributed by atoms with van der Waals surface area (Å²) in [6, 6.07) is 8.78. The molecule has 0 amide bonds. The van der Waals surface area contributed by atoms with E-state index in [0.29, 0.717) is 11.8 Å². The molecule has 1 nitrogen and oxygen atoms in total. The Morgan fingerprint density at radius 2 is 2.27 bits per heavy atom. The monoisotopic (exact) mass is 239 g/mol. The third kappa shape index (κ3) is 2.33. The van der Waals surface area contributed by atoms with Gasteiger partial charge < -0.3 is 5.32 Å². The van der Waals surface area contributed by atoms with E-state index in [-0.39, 0.29) is 0 Å². The minimum absolute atomic E-state index is 0.404. The normalized spacial score (nSPS) is 13.2. The highest BCUT2D eigenvalue weighted by Crippen LogP contribution is 2.25. The fourth-order valence-corrected chi connectivity index (χ4v) is 2.81. The van der Waals surface area contributed by atoms with Crippen LogP contribution in [0.3, 0.4) is 0 Å². The van der Waals surface area contributed by atoms with Crippen LogP contribution in [0.15, 0.2) is 29.6 Å². The largest absolute Gasteiger partial charge is 0.319 e. The number of nitrogens with one attached hydrogen (secondary N) is 1. The Kier molecular flexibility index (Phi) is 3.62. The minimum Gasteiger partial charge on any atom is -0.319 e. The Labute approximate surface area is 99.1 Å². The number of halogens is 1. The van der Waals surface area contributed by atoms with Crippen molar-refractivity contribution in [2.45, 2.75) is 5.92 Å². The van der Waals surface area contributed by atoms with Crippen molar-refractivity contribution in [3.05, 3.63) is 35.2 Å². The molecular formula is C12H14ClNS. The van der Waals surface area contributed by atoms with Crippen LogP contribution in [0.2, 0.25) is 0 Å². The highest BCUT2D eigenvalue weighted by Gasteiger charge is 2.09. The van der Waals surface area contributed by atoms with Crippen molar-refractivity contribution < 1.29 is 0 Å². The summed E-state index contributed by atoms with van der Waals surface area (Å²) in [6.07, 6.45) is 0. The second-order valence-corrected chi connectivity index (χ2v) is 4.88. The quantitative estimate of drug-likeness (QED) is 0.806. The lowest BCUT2D eigenvalue weighted by atomic mass is 10.00. The molecule has 0 saturated carbocycles. The fraction of sp³-hybridized carbons (Fsp3) is 0.333. The van der Waals surface area contributed by atoms with Crippen molar-refractivity contribution in [1.29, 1.82) is 0 Å². The Morgan fingerprint density at radius 3 is 3.00 bits per heavy atom.